The summed E-state index contributed by atoms with van der Waals surface area (Å²) in [5, 5.41) is 3.38. The van der Waals surface area contributed by atoms with Crippen LogP contribution in [0.25, 0.3) is 0 Å². The SMILES string of the molecule is CC1(CNc2cnccn2)CCCCC1. The Hall–Kier alpha value is -1.12. The van der Waals surface area contributed by atoms with Crippen LogP contribution < -0.4 is 5.32 Å². The van der Waals surface area contributed by atoms with E-state index in [1.807, 2.05) is 0 Å². The Balaban J connectivity index is 1.87. The smallest absolute Gasteiger partial charge is 0.144 e. The van der Waals surface area contributed by atoms with Crippen LogP contribution in [-0.4, -0.2) is 16.5 Å². The molecule has 0 atom stereocenters. The number of aromatic nitrogens is 2. The highest BCUT2D eigenvalue weighted by Crippen LogP contribution is 2.35. The van der Waals surface area contributed by atoms with Gasteiger partial charge < -0.3 is 5.32 Å². The van der Waals surface area contributed by atoms with E-state index in [1.54, 1.807) is 18.6 Å². The standard InChI is InChI=1S/C12H19N3/c1-12(5-3-2-4-6-12)10-15-11-9-13-7-8-14-11/h7-9H,2-6,10H2,1H3,(H,14,15). The molecule has 1 fully saturated rings. The van der Waals surface area contributed by atoms with Crippen molar-refractivity contribution >= 4 is 5.82 Å². The second-order valence-corrected chi connectivity index (χ2v) is 4.82. The first-order valence-corrected chi connectivity index (χ1v) is 5.78. The van der Waals surface area contributed by atoms with Crippen LogP contribution in [0.15, 0.2) is 18.6 Å². The minimum atomic E-state index is 0.454. The average molecular weight is 205 g/mol. The van der Waals surface area contributed by atoms with Crippen molar-refractivity contribution in [1.29, 1.82) is 0 Å². The van der Waals surface area contributed by atoms with Gasteiger partial charge in [-0.3, -0.25) is 4.98 Å². The van der Waals surface area contributed by atoms with E-state index in [2.05, 4.69) is 22.2 Å². The van der Waals surface area contributed by atoms with Crippen LogP contribution in [0, 0.1) is 5.41 Å². The van der Waals surface area contributed by atoms with E-state index in [1.165, 1.54) is 32.1 Å². The lowest BCUT2D eigenvalue weighted by Crippen LogP contribution is -2.29. The number of nitrogens with one attached hydrogen (secondary N) is 1. The molecule has 0 radical (unpaired) electrons. The number of hydrogen-bond donors (Lipinski definition) is 1. The molecule has 3 heteroatoms. The van der Waals surface area contributed by atoms with Gasteiger partial charge in [-0.25, -0.2) is 4.98 Å². The number of anilines is 1. The molecule has 1 aromatic heterocycles. The summed E-state index contributed by atoms with van der Waals surface area (Å²) in [6.07, 6.45) is 12.0. The molecular weight excluding hydrogens is 186 g/mol. The van der Waals surface area contributed by atoms with Crippen molar-refractivity contribution in [3.63, 3.8) is 0 Å². The first-order valence-electron chi connectivity index (χ1n) is 5.78. The normalized spacial score (nSPS) is 19.8. The van der Waals surface area contributed by atoms with Crippen LogP contribution in [0.2, 0.25) is 0 Å². The number of rotatable bonds is 3. The van der Waals surface area contributed by atoms with Gasteiger partial charge in [0, 0.05) is 18.9 Å². The molecular formula is C12H19N3. The van der Waals surface area contributed by atoms with Crippen molar-refractivity contribution in [1.82, 2.24) is 9.97 Å². The van der Waals surface area contributed by atoms with E-state index in [4.69, 9.17) is 0 Å². The Morgan fingerprint density at radius 3 is 2.73 bits per heavy atom. The van der Waals surface area contributed by atoms with Crippen molar-refractivity contribution in [2.75, 3.05) is 11.9 Å². The van der Waals surface area contributed by atoms with Gasteiger partial charge in [0.25, 0.3) is 0 Å². The Kier molecular flexibility index (Phi) is 3.19. The largest absolute Gasteiger partial charge is 0.368 e. The molecule has 0 unspecified atom stereocenters. The van der Waals surface area contributed by atoms with Crippen LogP contribution >= 0.6 is 0 Å². The summed E-state index contributed by atoms with van der Waals surface area (Å²) in [5.74, 6) is 0.893. The fourth-order valence-corrected chi connectivity index (χ4v) is 2.28. The number of hydrogen-bond acceptors (Lipinski definition) is 3. The van der Waals surface area contributed by atoms with E-state index in [-0.39, 0.29) is 0 Å². The molecule has 1 heterocycles. The molecule has 0 saturated heterocycles. The monoisotopic (exact) mass is 205 g/mol. The molecule has 3 nitrogen and oxygen atoms in total. The van der Waals surface area contributed by atoms with Gasteiger partial charge in [-0.15, -0.1) is 0 Å². The predicted octanol–water partition coefficient (Wildman–Crippen LogP) is 2.86. The third kappa shape index (κ3) is 2.91. The van der Waals surface area contributed by atoms with Crippen molar-refractivity contribution in [2.45, 2.75) is 39.0 Å². The maximum absolute atomic E-state index is 4.22. The van der Waals surface area contributed by atoms with Crippen LogP contribution in [0.4, 0.5) is 5.82 Å². The van der Waals surface area contributed by atoms with Gasteiger partial charge in [-0.2, -0.15) is 0 Å². The van der Waals surface area contributed by atoms with E-state index in [9.17, 15) is 0 Å². The van der Waals surface area contributed by atoms with Gasteiger partial charge in [0.2, 0.25) is 0 Å². The highest BCUT2D eigenvalue weighted by atomic mass is 15.0. The zero-order valence-electron chi connectivity index (χ0n) is 9.37. The summed E-state index contributed by atoms with van der Waals surface area (Å²) in [6, 6.07) is 0. The molecule has 1 aliphatic carbocycles. The molecule has 15 heavy (non-hydrogen) atoms. The quantitative estimate of drug-likeness (QED) is 0.824. The summed E-state index contributed by atoms with van der Waals surface area (Å²) in [5.41, 5.74) is 0.454. The molecule has 1 aliphatic rings. The van der Waals surface area contributed by atoms with Crippen LogP contribution in [0.5, 0.6) is 0 Å². The molecule has 0 aliphatic heterocycles. The van der Waals surface area contributed by atoms with E-state index < -0.39 is 0 Å². The second-order valence-electron chi connectivity index (χ2n) is 4.82. The van der Waals surface area contributed by atoms with Crippen LogP contribution in [0.3, 0.4) is 0 Å². The maximum Gasteiger partial charge on any atom is 0.144 e. The topological polar surface area (TPSA) is 37.8 Å². The zero-order valence-corrected chi connectivity index (χ0v) is 9.37. The van der Waals surface area contributed by atoms with Gasteiger partial charge >= 0.3 is 0 Å². The van der Waals surface area contributed by atoms with Gasteiger partial charge in [0.1, 0.15) is 5.82 Å². The molecule has 1 N–H and O–H groups in total. The van der Waals surface area contributed by atoms with Gasteiger partial charge in [0.05, 0.1) is 6.20 Å². The highest BCUT2D eigenvalue weighted by molar-refractivity contribution is 5.30. The Morgan fingerprint density at radius 1 is 1.27 bits per heavy atom. The van der Waals surface area contributed by atoms with Crippen molar-refractivity contribution in [3.8, 4) is 0 Å². The molecule has 82 valence electrons. The minimum absolute atomic E-state index is 0.454. The summed E-state index contributed by atoms with van der Waals surface area (Å²) < 4.78 is 0. The van der Waals surface area contributed by atoms with Crippen LogP contribution in [0.1, 0.15) is 39.0 Å². The first-order chi connectivity index (χ1) is 7.29. The summed E-state index contributed by atoms with van der Waals surface area (Å²) >= 11 is 0. The van der Waals surface area contributed by atoms with Gasteiger partial charge in [-0.1, -0.05) is 26.2 Å². The Bertz CT molecular complexity index is 291. The Labute approximate surface area is 91.3 Å². The van der Waals surface area contributed by atoms with Gasteiger partial charge in [0.15, 0.2) is 0 Å². The average Bonchev–Trinajstić information content (AvgIpc) is 2.29. The Morgan fingerprint density at radius 2 is 2.07 bits per heavy atom. The fourth-order valence-electron chi connectivity index (χ4n) is 2.28. The zero-order chi connectivity index (χ0) is 10.6. The van der Waals surface area contributed by atoms with E-state index in [0.717, 1.165) is 12.4 Å². The van der Waals surface area contributed by atoms with E-state index >= 15 is 0 Å². The number of nitrogens with zero attached hydrogens (tertiary/aromatic N) is 2. The predicted molar refractivity (Wildman–Crippen MR) is 61.7 cm³/mol. The van der Waals surface area contributed by atoms with Gasteiger partial charge in [-0.05, 0) is 18.3 Å². The van der Waals surface area contributed by atoms with Crippen molar-refractivity contribution < 1.29 is 0 Å². The molecule has 0 bridgehead atoms. The first kappa shape index (κ1) is 10.4. The molecule has 2 rings (SSSR count). The van der Waals surface area contributed by atoms with Crippen LogP contribution in [-0.2, 0) is 0 Å². The molecule has 0 spiro atoms. The third-order valence-electron chi connectivity index (χ3n) is 3.32. The molecule has 1 aromatic rings. The summed E-state index contributed by atoms with van der Waals surface area (Å²) in [7, 11) is 0. The summed E-state index contributed by atoms with van der Waals surface area (Å²) in [6.45, 7) is 3.39. The third-order valence-corrected chi connectivity index (χ3v) is 3.32. The lowest BCUT2D eigenvalue weighted by molar-refractivity contribution is 0.233. The molecule has 0 aromatic carbocycles. The minimum Gasteiger partial charge on any atom is -0.368 e. The van der Waals surface area contributed by atoms with E-state index in [0.29, 0.717) is 5.41 Å². The molecule has 0 amide bonds. The lowest BCUT2D eigenvalue weighted by atomic mass is 9.76. The lowest BCUT2D eigenvalue weighted by Gasteiger charge is -2.33. The molecule has 1 saturated carbocycles. The van der Waals surface area contributed by atoms with Crippen molar-refractivity contribution in [3.05, 3.63) is 18.6 Å². The van der Waals surface area contributed by atoms with Crippen molar-refractivity contribution in [2.24, 2.45) is 5.41 Å². The highest BCUT2D eigenvalue weighted by Gasteiger charge is 2.26. The fraction of sp³-hybridized carbons (Fsp3) is 0.667. The second kappa shape index (κ2) is 4.60. The maximum atomic E-state index is 4.22. The summed E-state index contributed by atoms with van der Waals surface area (Å²) in [4.78, 5) is 8.27.